The number of nitrogens with one attached hydrogen (secondary N) is 2. The quantitative estimate of drug-likeness (QED) is 0.679. The fourth-order valence-corrected chi connectivity index (χ4v) is 4.52. The third-order valence-electron chi connectivity index (χ3n) is 6.25. The van der Waals surface area contributed by atoms with Crippen LogP contribution in [0, 0.1) is 18.7 Å². The lowest BCUT2D eigenvalue weighted by molar-refractivity contribution is -0.134. The Hall–Kier alpha value is -3.68. The first kappa shape index (κ1) is 23.5. The number of halogens is 1. The van der Waals surface area contributed by atoms with Crippen LogP contribution >= 0.6 is 0 Å². The van der Waals surface area contributed by atoms with Crippen molar-refractivity contribution >= 4 is 23.5 Å². The van der Waals surface area contributed by atoms with Gasteiger partial charge in [-0.05, 0) is 49.1 Å². The van der Waals surface area contributed by atoms with Crippen molar-refractivity contribution in [2.75, 3.05) is 18.9 Å². The number of carbonyl (C=O) groups is 3. The molecule has 0 saturated carbocycles. The third kappa shape index (κ3) is 4.53. The molecule has 0 saturated heterocycles. The number of hydrogen-bond acceptors (Lipinski definition) is 3. The number of benzene rings is 2. The van der Waals surface area contributed by atoms with Crippen LogP contribution in [-0.2, 0) is 9.59 Å². The molecule has 0 fully saturated rings. The Morgan fingerprint density at radius 3 is 2.53 bits per heavy atom. The zero-order valence-electron chi connectivity index (χ0n) is 19.8. The summed E-state index contributed by atoms with van der Waals surface area (Å²) in [6, 6.07) is 11.6. The molecular formula is C26H29FN4O3. The van der Waals surface area contributed by atoms with Crippen LogP contribution in [0.1, 0.15) is 37.4 Å². The molecule has 4 amide bonds. The second kappa shape index (κ2) is 9.29. The van der Waals surface area contributed by atoms with E-state index in [9.17, 15) is 18.8 Å². The van der Waals surface area contributed by atoms with Crippen molar-refractivity contribution in [3.8, 4) is 0 Å². The summed E-state index contributed by atoms with van der Waals surface area (Å²) in [5.41, 5.74) is 3.38. The van der Waals surface area contributed by atoms with Gasteiger partial charge in [-0.1, -0.05) is 43.7 Å². The molecule has 2 aliphatic heterocycles. The van der Waals surface area contributed by atoms with E-state index in [0.29, 0.717) is 23.4 Å². The van der Waals surface area contributed by atoms with E-state index >= 15 is 0 Å². The summed E-state index contributed by atoms with van der Waals surface area (Å²) in [5, 5.41) is 5.74. The predicted octanol–water partition coefficient (Wildman–Crippen LogP) is 3.98. The maximum Gasteiger partial charge on any atom is 0.322 e. The van der Waals surface area contributed by atoms with E-state index in [1.165, 1.54) is 29.2 Å². The van der Waals surface area contributed by atoms with Crippen molar-refractivity contribution in [2.24, 2.45) is 5.92 Å². The molecule has 34 heavy (non-hydrogen) atoms. The zero-order valence-corrected chi connectivity index (χ0v) is 19.8. The molecule has 0 aromatic heterocycles. The number of hydrogen-bond donors (Lipinski definition) is 2. The van der Waals surface area contributed by atoms with Crippen molar-refractivity contribution in [1.29, 1.82) is 0 Å². The predicted molar refractivity (Wildman–Crippen MR) is 127 cm³/mol. The summed E-state index contributed by atoms with van der Waals surface area (Å²) in [7, 11) is 1.63. The van der Waals surface area contributed by atoms with Crippen molar-refractivity contribution < 1.29 is 18.8 Å². The van der Waals surface area contributed by atoms with E-state index in [1.807, 2.05) is 45.0 Å². The summed E-state index contributed by atoms with van der Waals surface area (Å²) in [5.74, 6) is -0.874. The molecule has 2 atom stereocenters. The summed E-state index contributed by atoms with van der Waals surface area (Å²) in [6.07, 6.45) is 0.444. The van der Waals surface area contributed by atoms with Crippen LogP contribution < -0.4 is 10.6 Å². The maximum atomic E-state index is 13.7. The number of urea groups is 1. The topological polar surface area (TPSA) is 81.8 Å². The van der Waals surface area contributed by atoms with Gasteiger partial charge in [0.1, 0.15) is 11.9 Å². The molecule has 7 nitrogen and oxygen atoms in total. The van der Waals surface area contributed by atoms with Crippen molar-refractivity contribution in [3.05, 3.63) is 76.7 Å². The SMILES string of the molecule is Cc1cccc([C@@H]2NC(=O)N(C)C3=C2C(=O)N([C@@H](CC(C)C)C(=O)Nc2ccc(F)cc2)C3)c1. The van der Waals surface area contributed by atoms with Crippen LogP contribution in [0.5, 0.6) is 0 Å². The number of carbonyl (C=O) groups excluding carboxylic acids is 3. The zero-order chi connectivity index (χ0) is 24.6. The molecule has 4 rings (SSSR count). The normalized spacial score (nSPS) is 18.8. The molecule has 0 bridgehead atoms. The maximum absolute atomic E-state index is 13.7. The minimum absolute atomic E-state index is 0.138. The van der Waals surface area contributed by atoms with E-state index in [-0.39, 0.29) is 30.3 Å². The van der Waals surface area contributed by atoms with Crippen molar-refractivity contribution in [1.82, 2.24) is 15.1 Å². The lowest BCUT2D eigenvalue weighted by Crippen LogP contribution is -2.47. The number of aryl methyl sites for hydroxylation is 1. The minimum atomic E-state index is -0.746. The summed E-state index contributed by atoms with van der Waals surface area (Å²) in [4.78, 5) is 42.7. The fourth-order valence-electron chi connectivity index (χ4n) is 4.52. The first-order valence-corrected chi connectivity index (χ1v) is 11.4. The standard InChI is InChI=1S/C26H29FN4O3/c1-15(2)12-20(24(32)28-19-10-8-18(27)9-11-19)31-14-21-22(25(31)33)23(29-26(34)30(21)4)17-7-5-6-16(3)13-17/h5-11,13,15,20,23H,12,14H2,1-4H3,(H,28,32)(H,29,34)/t20-,23-/m0/s1. The highest BCUT2D eigenvalue weighted by molar-refractivity contribution is 6.05. The van der Waals surface area contributed by atoms with Crippen molar-refractivity contribution in [3.63, 3.8) is 0 Å². The van der Waals surface area contributed by atoms with E-state index in [0.717, 1.165) is 11.1 Å². The Labute approximate surface area is 198 Å². The van der Waals surface area contributed by atoms with Gasteiger partial charge in [-0.15, -0.1) is 0 Å². The number of rotatable bonds is 6. The Morgan fingerprint density at radius 2 is 1.88 bits per heavy atom. The Balaban J connectivity index is 1.66. The first-order valence-electron chi connectivity index (χ1n) is 11.4. The van der Waals surface area contributed by atoms with Gasteiger partial charge >= 0.3 is 6.03 Å². The van der Waals surface area contributed by atoms with Gasteiger partial charge in [0.15, 0.2) is 0 Å². The molecule has 2 heterocycles. The van der Waals surface area contributed by atoms with Crippen molar-refractivity contribution in [2.45, 2.75) is 39.3 Å². The van der Waals surface area contributed by atoms with Crippen LogP contribution in [-0.4, -0.2) is 47.3 Å². The van der Waals surface area contributed by atoms with E-state index in [1.54, 1.807) is 11.9 Å². The second-order valence-corrected chi connectivity index (χ2v) is 9.29. The molecule has 2 aliphatic rings. The highest BCUT2D eigenvalue weighted by atomic mass is 19.1. The van der Waals surface area contributed by atoms with Gasteiger partial charge in [-0.25, -0.2) is 9.18 Å². The average molecular weight is 465 g/mol. The second-order valence-electron chi connectivity index (χ2n) is 9.29. The monoisotopic (exact) mass is 464 g/mol. The van der Waals surface area contributed by atoms with E-state index in [2.05, 4.69) is 10.6 Å². The summed E-state index contributed by atoms with van der Waals surface area (Å²) in [6.45, 7) is 6.09. The summed E-state index contributed by atoms with van der Waals surface area (Å²) >= 11 is 0. The molecule has 0 spiro atoms. The lowest BCUT2D eigenvalue weighted by Gasteiger charge is -2.31. The van der Waals surface area contributed by atoms with Crippen LogP contribution in [0.3, 0.4) is 0 Å². The first-order chi connectivity index (χ1) is 16.2. The van der Waals surface area contributed by atoms with Gasteiger partial charge < -0.3 is 15.5 Å². The van der Waals surface area contributed by atoms with E-state index in [4.69, 9.17) is 0 Å². The molecule has 0 radical (unpaired) electrons. The number of anilines is 1. The third-order valence-corrected chi connectivity index (χ3v) is 6.25. The molecule has 178 valence electrons. The van der Waals surface area contributed by atoms with Gasteiger partial charge in [-0.3, -0.25) is 14.5 Å². The Kier molecular flexibility index (Phi) is 6.41. The molecule has 0 unspecified atom stereocenters. The highest BCUT2D eigenvalue weighted by Crippen LogP contribution is 2.37. The van der Waals surface area contributed by atoms with Crippen LogP contribution in [0.25, 0.3) is 0 Å². The molecule has 8 heteroatoms. The number of nitrogens with zero attached hydrogens (tertiary/aromatic N) is 2. The molecule has 2 N–H and O–H groups in total. The number of likely N-dealkylation sites (N-methyl/N-ethyl adjacent to an activating group) is 1. The molecule has 0 aliphatic carbocycles. The van der Waals surface area contributed by atoms with Gasteiger partial charge in [0.05, 0.1) is 23.9 Å². The van der Waals surface area contributed by atoms with Gasteiger partial charge in [-0.2, -0.15) is 0 Å². The average Bonchev–Trinajstić information content (AvgIpc) is 3.13. The number of amides is 4. The lowest BCUT2D eigenvalue weighted by atomic mass is 9.94. The Bertz CT molecular complexity index is 1160. The Morgan fingerprint density at radius 1 is 1.18 bits per heavy atom. The fraction of sp³-hybridized carbons (Fsp3) is 0.346. The largest absolute Gasteiger partial charge is 0.327 e. The van der Waals surface area contributed by atoms with Gasteiger partial charge in [0.2, 0.25) is 5.91 Å². The van der Waals surface area contributed by atoms with E-state index < -0.39 is 17.9 Å². The minimum Gasteiger partial charge on any atom is -0.327 e. The molecular weight excluding hydrogens is 435 g/mol. The summed E-state index contributed by atoms with van der Waals surface area (Å²) < 4.78 is 13.3. The van der Waals surface area contributed by atoms with Gasteiger partial charge in [0, 0.05) is 12.7 Å². The van der Waals surface area contributed by atoms with Crippen LogP contribution in [0.4, 0.5) is 14.9 Å². The highest BCUT2D eigenvalue weighted by Gasteiger charge is 2.46. The molecule has 2 aromatic carbocycles. The van der Waals surface area contributed by atoms with Crippen LogP contribution in [0.15, 0.2) is 59.8 Å². The van der Waals surface area contributed by atoms with Crippen LogP contribution in [0.2, 0.25) is 0 Å². The smallest absolute Gasteiger partial charge is 0.322 e. The van der Waals surface area contributed by atoms with Gasteiger partial charge in [0.25, 0.3) is 5.91 Å². The molecule has 2 aromatic rings.